The fourth-order valence-corrected chi connectivity index (χ4v) is 2.73. The average Bonchev–Trinajstić information content (AvgIpc) is 2.54. The number of rotatable bonds is 4. The van der Waals surface area contributed by atoms with Gasteiger partial charge in [-0.15, -0.1) is 0 Å². The summed E-state index contributed by atoms with van der Waals surface area (Å²) in [5, 5.41) is 11.2. The molecular formula is C16H11ClF3NO3S. The number of carbonyl (C=O) groups excluding carboxylic acids is 1. The van der Waals surface area contributed by atoms with Crippen LogP contribution >= 0.6 is 23.4 Å². The summed E-state index contributed by atoms with van der Waals surface area (Å²) < 4.78 is 37.4. The first-order valence-corrected chi connectivity index (χ1v) is 8.16. The van der Waals surface area contributed by atoms with Gasteiger partial charge in [0.25, 0.3) is 5.24 Å². The predicted octanol–water partition coefficient (Wildman–Crippen LogP) is 5.52. The minimum atomic E-state index is -4.41. The van der Waals surface area contributed by atoms with Crippen LogP contribution in [0.25, 0.3) is 0 Å². The molecule has 0 fully saturated rings. The minimum Gasteiger partial charge on any atom is -0.478 e. The van der Waals surface area contributed by atoms with Gasteiger partial charge in [0.2, 0.25) is 0 Å². The number of carbonyl (C=O) groups is 2. The van der Waals surface area contributed by atoms with Crippen LogP contribution in [0.3, 0.4) is 0 Å². The number of hydrogen-bond acceptors (Lipinski definition) is 3. The molecule has 0 aliphatic carbocycles. The van der Waals surface area contributed by atoms with Crippen LogP contribution in [-0.2, 0) is 11.9 Å². The third-order valence-electron chi connectivity index (χ3n) is 3.10. The SMILES string of the molecule is O=C(Nc1ccc(Cl)cc1C(=O)O)SCc1ccc(C(F)(F)F)cc1. The van der Waals surface area contributed by atoms with E-state index in [-0.39, 0.29) is 22.0 Å². The number of halogens is 4. The Labute approximate surface area is 150 Å². The summed E-state index contributed by atoms with van der Waals surface area (Å²) in [6.07, 6.45) is -4.41. The molecule has 132 valence electrons. The lowest BCUT2D eigenvalue weighted by atomic mass is 10.1. The van der Waals surface area contributed by atoms with E-state index in [0.717, 1.165) is 23.9 Å². The van der Waals surface area contributed by atoms with Crippen molar-refractivity contribution in [2.75, 3.05) is 5.32 Å². The van der Waals surface area contributed by atoms with Crippen LogP contribution < -0.4 is 5.32 Å². The third kappa shape index (κ3) is 5.40. The van der Waals surface area contributed by atoms with Gasteiger partial charge in [-0.3, -0.25) is 4.79 Å². The highest BCUT2D eigenvalue weighted by Gasteiger charge is 2.29. The van der Waals surface area contributed by atoms with Crippen LogP contribution in [0, 0.1) is 0 Å². The minimum absolute atomic E-state index is 0.0850. The first kappa shape index (κ1) is 19.1. The van der Waals surface area contributed by atoms with Crippen molar-refractivity contribution in [3.63, 3.8) is 0 Å². The molecule has 0 aromatic heterocycles. The van der Waals surface area contributed by atoms with Gasteiger partial charge in [-0.25, -0.2) is 4.79 Å². The molecule has 0 aliphatic heterocycles. The van der Waals surface area contributed by atoms with Gasteiger partial charge < -0.3 is 10.4 Å². The number of thioether (sulfide) groups is 1. The molecule has 0 bridgehead atoms. The highest BCUT2D eigenvalue weighted by atomic mass is 35.5. The van der Waals surface area contributed by atoms with E-state index in [4.69, 9.17) is 16.7 Å². The van der Waals surface area contributed by atoms with E-state index in [1.165, 1.54) is 30.3 Å². The second-order valence-electron chi connectivity index (χ2n) is 4.89. The highest BCUT2D eigenvalue weighted by Crippen LogP contribution is 2.30. The Kier molecular flexibility index (Phi) is 5.97. The summed E-state index contributed by atoms with van der Waals surface area (Å²) in [6, 6.07) is 8.46. The number of carboxylic acids is 1. The first-order chi connectivity index (χ1) is 11.7. The number of aromatic carboxylic acids is 1. The Morgan fingerprint density at radius 2 is 1.76 bits per heavy atom. The van der Waals surface area contributed by atoms with Crippen molar-refractivity contribution in [3.8, 4) is 0 Å². The molecule has 0 spiro atoms. The molecule has 0 heterocycles. The summed E-state index contributed by atoms with van der Waals surface area (Å²) in [4.78, 5) is 23.1. The molecule has 2 aromatic rings. The van der Waals surface area contributed by atoms with E-state index in [1.54, 1.807) is 0 Å². The van der Waals surface area contributed by atoms with E-state index in [2.05, 4.69) is 5.32 Å². The Bertz CT molecular complexity index is 794. The maximum atomic E-state index is 12.5. The number of hydrogen-bond donors (Lipinski definition) is 2. The number of benzene rings is 2. The molecule has 0 saturated carbocycles. The Hall–Kier alpha value is -2.19. The van der Waals surface area contributed by atoms with Crippen LogP contribution in [0.5, 0.6) is 0 Å². The molecule has 0 atom stereocenters. The molecule has 0 radical (unpaired) electrons. The molecule has 9 heteroatoms. The molecule has 0 saturated heterocycles. The Balaban J connectivity index is 1.99. The molecule has 1 amide bonds. The number of nitrogens with one attached hydrogen (secondary N) is 1. The monoisotopic (exact) mass is 389 g/mol. The molecule has 2 rings (SSSR count). The van der Waals surface area contributed by atoms with Crippen LogP contribution in [-0.4, -0.2) is 16.3 Å². The van der Waals surface area contributed by atoms with Gasteiger partial charge in [0, 0.05) is 10.8 Å². The van der Waals surface area contributed by atoms with Crippen LogP contribution in [0.4, 0.5) is 23.7 Å². The number of alkyl halides is 3. The van der Waals surface area contributed by atoms with Crippen molar-refractivity contribution >= 4 is 40.3 Å². The third-order valence-corrected chi connectivity index (χ3v) is 4.18. The highest BCUT2D eigenvalue weighted by molar-refractivity contribution is 8.13. The van der Waals surface area contributed by atoms with Gasteiger partial charge in [-0.2, -0.15) is 13.2 Å². The van der Waals surface area contributed by atoms with Gasteiger partial charge in [0.05, 0.1) is 16.8 Å². The van der Waals surface area contributed by atoms with Crippen molar-refractivity contribution in [2.24, 2.45) is 0 Å². The quantitative estimate of drug-likeness (QED) is 0.722. The van der Waals surface area contributed by atoms with Crippen molar-refractivity contribution < 1.29 is 27.9 Å². The summed E-state index contributed by atoms with van der Waals surface area (Å²) in [6.45, 7) is 0. The average molecular weight is 390 g/mol. The normalized spacial score (nSPS) is 11.2. The van der Waals surface area contributed by atoms with Crippen molar-refractivity contribution in [2.45, 2.75) is 11.9 Å². The van der Waals surface area contributed by atoms with E-state index < -0.39 is 22.9 Å². The number of carboxylic acid groups (broad SMARTS) is 1. The van der Waals surface area contributed by atoms with Gasteiger partial charge >= 0.3 is 12.1 Å². The maximum Gasteiger partial charge on any atom is 0.416 e. The molecular weight excluding hydrogens is 379 g/mol. The van der Waals surface area contributed by atoms with Crippen LogP contribution in [0.2, 0.25) is 5.02 Å². The van der Waals surface area contributed by atoms with Crippen molar-refractivity contribution in [1.29, 1.82) is 0 Å². The van der Waals surface area contributed by atoms with E-state index in [9.17, 15) is 22.8 Å². The van der Waals surface area contributed by atoms with Crippen molar-refractivity contribution in [3.05, 3.63) is 64.2 Å². The fraction of sp³-hybridized carbons (Fsp3) is 0.125. The first-order valence-electron chi connectivity index (χ1n) is 6.79. The largest absolute Gasteiger partial charge is 0.478 e. The summed E-state index contributed by atoms with van der Waals surface area (Å²) in [7, 11) is 0. The zero-order valence-corrected chi connectivity index (χ0v) is 14.0. The van der Waals surface area contributed by atoms with E-state index >= 15 is 0 Å². The lowest BCUT2D eigenvalue weighted by molar-refractivity contribution is -0.137. The predicted molar refractivity (Wildman–Crippen MR) is 90.2 cm³/mol. The summed E-state index contributed by atoms with van der Waals surface area (Å²) >= 11 is 6.53. The van der Waals surface area contributed by atoms with Gasteiger partial charge in [0.15, 0.2) is 0 Å². The van der Waals surface area contributed by atoms with E-state index in [1.807, 2.05) is 0 Å². The Morgan fingerprint density at radius 1 is 1.12 bits per heavy atom. The van der Waals surface area contributed by atoms with Crippen LogP contribution in [0.1, 0.15) is 21.5 Å². The Morgan fingerprint density at radius 3 is 2.32 bits per heavy atom. The lowest BCUT2D eigenvalue weighted by Crippen LogP contribution is -2.10. The lowest BCUT2D eigenvalue weighted by Gasteiger charge is -2.09. The van der Waals surface area contributed by atoms with Gasteiger partial charge in [0.1, 0.15) is 0 Å². The van der Waals surface area contributed by atoms with Crippen molar-refractivity contribution in [1.82, 2.24) is 0 Å². The topological polar surface area (TPSA) is 66.4 Å². The van der Waals surface area contributed by atoms with Gasteiger partial charge in [-0.1, -0.05) is 35.5 Å². The molecule has 0 aliphatic rings. The second-order valence-corrected chi connectivity index (χ2v) is 6.28. The zero-order chi connectivity index (χ0) is 18.6. The van der Waals surface area contributed by atoms with E-state index in [0.29, 0.717) is 5.56 Å². The standard InChI is InChI=1S/C16H11ClF3NO3S/c17-11-5-6-13(12(7-11)14(22)23)21-15(24)25-8-9-1-3-10(4-2-9)16(18,19)20/h1-7H,8H2,(H,21,24)(H,22,23). The number of anilines is 1. The maximum absolute atomic E-state index is 12.5. The number of amides is 1. The molecule has 0 unspecified atom stereocenters. The summed E-state index contributed by atoms with van der Waals surface area (Å²) in [5.41, 5.74) is -0.307. The van der Waals surface area contributed by atoms with Crippen LogP contribution in [0.15, 0.2) is 42.5 Å². The molecule has 2 N–H and O–H groups in total. The molecule has 25 heavy (non-hydrogen) atoms. The molecule has 2 aromatic carbocycles. The smallest absolute Gasteiger partial charge is 0.416 e. The van der Waals surface area contributed by atoms with Gasteiger partial charge in [-0.05, 0) is 35.9 Å². The summed E-state index contributed by atoms with van der Waals surface area (Å²) in [5.74, 6) is -1.11. The second kappa shape index (κ2) is 7.79. The fourth-order valence-electron chi connectivity index (χ4n) is 1.89. The molecule has 4 nitrogen and oxygen atoms in total. The zero-order valence-electron chi connectivity index (χ0n) is 12.4.